The van der Waals surface area contributed by atoms with Gasteiger partial charge in [0, 0.05) is 31.7 Å². The highest BCUT2D eigenvalue weighted by atomic mass is 15.2. The molecule has 0 aliphatic carbocycles. The van der Waals surface area contributed by atoms with Gasteiger partial charge < -0.3 is 5.32 Å². The summed E-state index contributed by atoms with van der Waals surface area (Å²) in [7, 11) is 0. The van der Waals surface area contributed by atoms with E-state index in [0.717, 1.165) is 24.7 Å². The number of nitriles is 1. The number of nitrogens with zero attached hydrogens (tertiary/aromatic N) is 2. The molecule has 0 amide bonds. The third-order valence-corrected chi connectivity index (χ3v) is 4.07. The summed E-state index contributed by atoms with van der Waals surface area (Å²) >= 11 is 0. The van der Waals surface area contributed by atoms with Crippen molar-refractivity contribution >= 4 is 0 Å². The molecule has 1 N–H and O–H groups in total. The van der Waals surface area contributed by atoms with Gasteiger partial charge in [-0.25, -0.2) is 0 Å². The smallest absolute Gasteiger partial charge is 0.0991 e. The minimum absolute atomic E-state index is 0.677. The standard InChI is InChI=1S/C15H19N3/c16-9-12-2-1-3-13(8-12)10-18-7-6-14-4-5-15(11-18)17-14/h1-3,8,14-15,17H,4-7,10-11H2. The molecule has 18 heavy (non-hydrogen) atoms. The summed E-state index contributed by atoms with van der Waals surface area (Å²) in [5.41, 5.74) is 2.02. The first-order chi connectivity index (χ1) is 8.83. The zero-order chi connectivity index (χ0) is 12.4. The van der Waals surface area contributed by atoms with Crippen LogP contribution < -0.4 is 5.32 Å². The average Bonchev–Trinajstić information content (AvgIpc) is 2.73. The second-order valence-electron chi connectivity index (χ2n) is 5.47. The summed E-state index contributed by atoms with van der Waals surface area (Å²) < 4.78 is 0. The van der Waals surface area contributed by atoms with Gasteiger partial charge in [-0.15, -0.1) is 0 Å². The van der Waals surface area contributed by atoms with Gasteiger partial charge in [0.05, 0.1) is 11.6 Å². The van der Waals surface area contributed by atoms with Crippen LogP contribution in [-0.4, -0.2) is 30.1 Å². The predicted molar refractivity (Wildman–Crippen MR) is 71.0 cm³/mol. The molecule has 94 valence electrons. The Balaban J connectivity index is 1.67. The molecular formula is C15H19N3. The van der Waals surface area contributed by atoms with E-state index >= 15 is 0 Å². The topological polar surface area (TPSA) is 39.1 Å². The first-order valence-electron chi connectivity index (χ1n) is 6.81. The Bertz CT molecular complexity index is 463. The molecule has 0 saturated carbocycles. The Labute approximate surface area is 108 Å². The van der Waals surface area contributed by atoms with Crippen molar-refractivity contribution < 1.29 is 0 Å². The quantitative estimate of drug-likeness (QED) is 0.859. The zero-order valence-corrected chi connectivity index (χ0v) is 10.6. The Hall–Kier alpha value is -1.37. The van der Waals surface area contributed by atoms with Gasteiger partial charge in [-0.2, -0.15) is 5.26 Å². The fraction of sp³-hybridized carbons (Fsp3) is 0.533. The summed E-state index contributed by atoms with van der Waals surface area (Å²) in [6, 6.07) is 11.6. The molecule has 2 saturated heterocycles. The summed E-state index contributed by atoms with van der Waals surface area (Å²) in [5.74, 6) is 0. The Kier molecular flexibility index (Phi) is 3.31. The van der Waals surface area contributed by atoms with Crippen molar-refractivity contribution in [1.29, 1.82) is 5.26 Å². The summed E-state index contributed by atoms with van der Waals surface area (Å²) in [4.78, 5) is 2.52. The maximum atomic E-state index is 8.93. The molecule has 2 fully saturated rings. The molecule has 1 aromatic rings. The van der Waals surface area contributed by atoms with Gasteiger partial charge in [0.2, 0.25) is 0 Å². The van der Waals surface area contributed by atoms with Crippen LogP contribution in [0.15, 0.2) is 24.3 Å². The van der Waals surface area contributed by atoms with Crippen molar-refractivity contribution in [2.75, 3.05) is 13.1 Å². The number of hydrogen-bond donors (Lipinski definition) is 1. The summed E-state index contributed by atoms with van der Waals surface area (Å²) in [6.45, 7) is 3.29. The van der Waals surface area contributed by atoms with E-state index in [1.165, 1.54) is 31.4 Å². The SMILES string of the molecule is N#Cc1cccc(CN2CCC3CCC(C2)N3)c1. The highest BCUT2D eigenvalue weighted by molar-refractivity contribution is 5.32. The van der Waals surface area contributed by atoms with Gasteiger partial charge in [-0.05, 0) is 37.0 Å². The molecule has 2 heterocycles. The second kappa shape index (κ2) is 5.09. The largest absolute Gasteiger partial charge is 0.310 e. The number of hydrogen-bond acceptors (Lipinski definition) is 3. The average molecular weight is 241 g/mol. The van der Waals surface area contributed by atoms with Gasteiger partial charge >= 0.3 is 0 Å². The lowest BCUT2D eigenvalue weighted by Crippen LogP contribution is -2.34. The third-order valence-electron chi connectivity index (χ3n) is 4.07. The molecule has 3 nitrogen and oxygen atoms in total. The molecule has 2 atom stereocenters. The maximum absolute atomic E-state index is 8.93. The molecule has 3 rings (SSSR count). The lowest BCUT2D eigenvalue weighted by molar-refractivity contribution is 0.251. The van der Waals surface area contributed by atoms with Gasteiger partial charge in [0.1, 0.15) is 0 Å². The van der Waals surface area contributed by atoms with Crippen molar-refractivity contribution in [3.63, 3.8) is 0 Å². The predicted octanol–water partition coefficient (Wildman–Crippen LogP) is 1.88. The van der Waals surface area contributed by atoms with Crippen molar-refractivity contribution in [1.82, 2.24) is 10.2 Å². The maximum Gasteiger partial charge on any atom is 0.0991 e. The molecule has 0 radical (unpaired) electrons. The number of fused-ring (bicyclic) bond motifs is 2. The highest BCUT2D eigenvalue weighted by Crippen LogP contribution is 2.21. The van der Waals surface area contributed by atoms with Crippen LogP contribution in [0.3, 0.4) is 0 Å². The van der Waals surface area contributed by atoms with Gasteiger partial charge in [0.25, 0.3) is 0 Å². The number of nitrogens with one attached hydrogen (secondary N) is 1. The van der Waals surface area contributed by atoms with Crippen LogP contribution >= 0.6 is 0 Å². The van der Waals surface area contributed by atoms with Crippen LogP contribution in [0.2, 0.25) is 0 Å². The van der Waals surface area contributed by atoms with Crippen molar-refractivity contribution in [2.45, 2.75) is 37.9 Å². The minimum Gasteiger partial charge on any atom is -0.310 e. The Morgan fingerprint density at radius 2 is 2.17 bits per heavy atom. The van der Waals surface area contributed by atoms with Crippen LogP contribution in [0, 0.1) is 11.3 Å². The van der Waals surface area contributed by atoms with E-state index in [0.29, 0.717) is 6.04 Å². The van der Waals surface area contributed by atoms with Gasteiger partial charge in [0.15, 0.2) is 0 Å². The van der Waals surface area contributed by atoms with Crippen LogP contribution in [-0.2, 0) is 6.54 Å². The van der Waals surface area contributed by atoms with E-state index in [1.807, 2.05) is 18.2 Å². The molecule has 2 aliphatic rings. The lowest BCUT2D eigenvalue weighted by Gasteiger charge is -2.24. The lowest BCUT2D eigenvalue weighted by atomic mass is 10.1. The summed E-state index contributed by atoms with van der Waals surface area (Å²) in [5, 5.41) is 12.6. The minimum atomic E-state index is 0.677. The fourth-order valence-corrected chi connectivity index (χ4v) is 3.16. The molecule has 1 aromatic carbocycles. The Morgan fingerprint density at radius 3 is 3.06 bits per heavy atom. The normalized spacial score (nSPS) is 27.7. The molecule has 0 spiro atoms. The fourth-order valence-electron chi connectivity index (χ4n) is 3.16. The molecule has 2 unspecified atom stereocenters. The second-order valence-corrected chi connectivity index (χ2v) is 5.47. The number of rotatable bonds is 2. The molecule has 2 aliphatic heterocycles. The number of likely N-dealkylation sites (tertiary alicyclic amines) is 1. The zero-order valence-electron chi connectivity index (χ0n) is 10.6. The third kappa shape index (κ3) is 2.55. The van der Waals surface area contributed by atoms with E-state index in [1.54, 1.807) is 0 Å². The van der Waals surface area contributed by atoms with E-state index in [2.05, 4.69) is 22.4 Å². The van der Waals surface area contributed by atoms with Gasteiger partial charge in [-0.1, -0.05) is 12.1 Å². The first-order valence-corrected chi connectivity index (χ1v) is 6.81. The van der Waals surface area contributed by atoms with Crippen molar-refractivity contribution in [2.24, 2.45) is 0 Å². The molecule has 0 aromatic heterocycles. The van der Waals surface area contributed by atoms with E-state index in [-0.39, 0.29) is 0 Å². The van der Waals surface area contributed by atoms with E-state index < -0.39 is 0 Å². The van der Waals surface area contributed by atoms with Crippen molar-refractivity contribution in [3.05, 3.63) is 35.4 Å². The van der Waals surface area contributed by atoms with Crippen LogP contribution in [0.5, 0.6) is 0 Å². The first kappa shape index (κ1) is 11.7. The summed E-state index contributed by atoms with van der Waals surface area (Å²) in [6.07, 6.45) is 3.93. The van der Waals surface area contributed by atoms with Gasteiger partial charge in [-0.3, -0.25) is 4.90 Å². The monoisotopic (exact) mass is 241 g/mol. The molecule has 2 bridgehead atoms. The van der Waals surface area contributed by atoms with Crippen LogP contribution in [0.25, 0.3) is 0 Å². The number of benzene rings is 1. The van der Waals surface area contributed by atoms with Crippen LogP contribution in [0.1, 0.15) is 30.4 Å². The van der Waals surface area contributed by atoms with E-state index in [9.17, 15) is 0 Å². The molecular weight excluding hydrogens is 222 g/mol. The highest BCUT2D eigenvalue weighted by Gasteiger charge is 2.28. The molecule has 3 heteroatoms. The van der Waals surface area contributed by atoms with E-state index in [4.69, 9.17) is 5.26 Å². The Morgan fingerprint density at radius 1 is 1.28 bits per heavy atom. The van der Waals surface area contributed by atoms with Crippen LogP contribution in [0.4, 0.5) is 0 Å². The van der Waals surface area contributed by atoms with Crippen molar-refractivity contribution in [3.8, 4) is 6.07 Å².